The molecule has 0 heterocycles. The molecule has 0 saturated heterocycles. The van der Waals surface area contributed by atoms with Crippen LogP contribution in [0.15, 0.2) is 127 Å². The maximum atomic E-state index is 12.7. The molecule has 1 amide bonds. The minimum Gasteiger partial charge on any atom is -0.507 e. The number of phenols is 2. The largest absolute Gasteiger partial charge is 0.507 e. The molecule has 0 aliphatic carbocycles. The lowest BCUT2D eigenvalue weighted by atomic mass is 10.1. The number of anilines is 2. The van der Waals surface area contributed by atoms with Crippen molar-refractivity contribution < 1.29 is 37.9 Å². The Labute approximate surface area is 325 Å². The van der Waals surface area contributed by atoms with Gasteiger partial charge in [0.25, 0.3) is 16.0 Å². The standard InChI is InChI=1S/C40H34N8O8S/c1-20-14-32(21(2)13-31(20)44-43-28-10-12-35(49)30(19-28)40(52)53)45-46-33-15-23(4)34(16-22(33)3)47-48-37-36(57(54,55)56)18-25-17-27(9-11-29(25)38(37)50)42-39(51)24-5-7-26(41)8-6-24/h5-19,49-50H,41H2,1-4H3,(H,42,51)(H,52,53)(H,54,55,56). The molecule has 0 radical (unpaired) electrons. The van der Waals surface area contributed by atoms with E-state index in [0.717, 1.165) is 17.2 Å². The fourth-order valence-electron chi connectivity index (χ4n) is 5.64. The molecule has 0 aliphatic rings. The fraction of sp³-hybridized carbons (Fsp3) is 0.100. The van der Waals surface area contributed by atoms with E-state index in [4.69, 9.17) is 5.73 Å². The third kappa shape index (κ3) is 8.80. The van der Waals surface area contributed by atoms with Gasteiger partial charge in [0.1, 0.15) is 21.9 Å². The van der Waals surface area contributed by atoms with Crippen molar-refractivity contribution in [2.45, 2.75) is 32.6 Å². The van der Waals surface area contributed by atoms with Crippen molar-refractivity contribution in [1.29, 1.82) is 0 Å². The Morgan fingerprint density at radius 1 is 0.649 bits per heavy atom. The summed E-state index contributed by atoms with van der Waals surface area (Å²) in [5, 5.41) is 58.8. The Morgan fingerprint density at radius 2 is 1.18 bits per heavy atom. The summed E-state index contributed by atoms with van der Waals surface area (Å²) in [4.78, 5) is 23.4. The van der Waals surface area contributed by atoms with E-state index in [-0.39, 0.29) is 27.8 Å². The zero-order valence-corrected chi connectivity index (χ0v) is 31.6. The lowest BCUT2D eigenvalue weighted by molar-refractivity contribution is 0.0693. The minimum absolute atomic E-state index is 0.193. The average molecular weight is 787 g/mol. The second-order valence-electron chi connectivity index (χ2n) is 13.0. The number of fused-ring (bicyclic) bond motifs is 1. The monoisotopic (exact) mass is 786 g/mol. The Kier molecular flexibility index (Phi) is 10.9. The summed E-state index contributed by atoms with van der Waals surface area (Å²) < 4.78 is 35.1. The van der Waals surface area contributed by atoms with Crippen LogP contribution < -0.4 is 11.1 Å². The summed E-state index contributed by atoms with van der Waals surface area (Å²) in [5.74, 6) is -2.65. The van der Waals surface area contributed by atoms with Gasteiger partial charge in [0.15, 0.2) is 5.75 Å². The predicted molar refractivity (Wildman–Crippen MR) is 214 cm³/mol. The molecule has 7 N–H and O–H groups in total. The number of carboxylic acid groups (broad SMARTS) is 1. The molecule has 6 rings (SSSR count). The van der Waals surface area contributed by atoms with Crippen LogP contribution >= 0.6 is 0 Å². The predicted octanol–water partition coefficient (Wildman–Crippen LogP) is 10.5. The second kappa shape index (κ2) is 15.8. The maximum Gasteiger partial charge on any atom is 0.339 e. The molecular formula is C40H34N8O8S. The van der Waals surface area contributed by atoms with Gasteiger partial charge in [0.2, 0.25) is 0 Å². The smallest absolute Gasteiger partial charge is 0.339 e. The molecule has 57 heavy (non-hydrogen) atoms. The highest BCUT2D eigenvalue weighted by Crippen LogP contribution is 2.43. The highest BCUT2D eigenvalue weighted by molar-refractivity contribution is 7.86. The molecule has 0 aromatic heterocycles. The number of aryl methyl sites for hydroxylation is 4. The molecule has 0 spiro atoms. The number of carbonyl (C=O) groups excluding carboxylic acids is 1. The maximum absolute atomic E-state index is 12.7. The van der Waals surface area contributed by atoms with Gasteiger partial charge in [-0.2, -0.15) is 34.0 Å². The van der Waals surface area contributed by atoms with Crippen LogP contribution in [0.2, 0.25) is 0 Å². The zero-order valence-electron chi connectivity index (χ0n) is 30.8. The number of nitrogens with one attached hydrogen (secondary N) is 1. The van der Waals surface area contributed by atoms with Gasteiger partial charge in [-0.3, -0.25) is 9.35 Å². The number of hydrogen-bond acceptors (Lipinski definition) is 13. The Balaban J connectivity index is 1.24. The van der Waals surface area contributed by atoms with E-state index in [2.05, 4.69) is 36.0 Å². The van der Waals surface area contributed by atoms with Crippen molar-refractivity contribution in [2.75, 3.05) is 11.1 Å². The summed E-state index contributed by atoms with van der Waals surface area (Å²) >= 11 is 0. The number of carbonyl (C=O) groups is 2. The van der Waals surface area contributed by atoms with Crippen molar-refractivity contribution >= 4 is 78.3 Å². The lowest BCUT2D eigenvalue weighted by Crippen LogP contribution is -2.11. The summed E-state index contributed by atoms with van der Waals surface area (Å²) in [6.07, 6.45) is 0. The number of aromatic hydroxyl groups is 2. The van der Waals surface area contributed by atoms with Crippen molar-refractivity contribution in [2.24, 2.45) is 30.7 Å². The summed E-state index contributed by atoms with van der Waals surface area (Å²) in [7, 11) is -4.90. The van der Waals surface area contributed by atoms with Gasteiger partial charge in [-0.25, -0.2) is 4.79 Å². The van der Waals surface area contributed by atoms with E-state index < -0.39 is 38.3 Å². The molecular weight excluding hydrogens is 753 g/mol. The molecule has 16 nitrogen and oxygen atoms in total. The summed E-state index contributed by atoms with van der Waals surface area (Å²) in [6, 6.07) is 22.6. The highest BCUT2D eigenvalue weighted by atomic mass is 32.2. The van der Waals surface area contributed by atoms with Gasteiger partial charge in [0.05, 0.1) is 28.4 Å². The van der Waals surface area contributed by atoms with Crippen molar-refractivity contribution in [1.82, 2.24) is 0 Å². The van der Waals surface area contributed by atoms with Crippen LogP contribution in [0.25, 0.3) is 10.8 Å². The number of azo groups is 3. The topological polar surface area (TPSA) is 261 Å². The number of benzene rings is 6. The van der Waals surface area contributed by atoms with Crippen LogP contribution in [0.4, 0.5) is 45.5 Å². The SMILES string of the molecule is Cc1cc(N=Nc2cc(C)c(N=Nc3c(S(=O)(=O)O)cc4cc(NC(=O)c5ccc(N)cc5)ccc4c3O)cc2C)c(C)cc1N=Nc1ccc(O)c(C(=O)O)c1. The fourth-order valence-corrected chi connectivity index (χ4v) is 6.30. The molecule has 0 fully saturated rings. The van der Waals surface area contributed by atoms with E-state index in [9.17, 15) is 37.9 Å². The Bertz CT molecular complexity index is 2820. The molecule has 6 aromatic carbocycles. The van der Waals surface area contributed by atoms with Crippen molar-refractivity contribution in [3.63, 3.8) is 0 Å². The van der Waals surface area contributed by atoms with E-state index in [1.54, 1.807) is 62.4 Å². The zero-order chi connectivity index (χ0) is 41.2. The van der Waals surface area contributed by atoms with E-state index in [1.807, 2.05) is 13.8 Å². The van der Waals surface area contributed by atoms with Gasteiger partial charge >= 0.3 is 5.97 Å². The summed E-state index contributed by atoms with van der Waals surface area (Å²) in [5.41, 5.74) is 11.0. The van der Waals surface area contributed by atoms with Crippen molar-refractivity contribution in [3.05, 3.63) is 124 Å². The Morgan fingerprint density at radius 3 is 1.70 bits per heavy atom. The van der Waals surface area contributed by atoms with Gasteiger partial charge in [0, 0.05) is 22.3 Å². The third-order valence-electron chi connectivity index (χ3n) is 8.80. The number of nitrogens with zero attached hydrogens (tertiary/aromatic N) is 6. The first-order chi connectivity index (χ1) is 27.0. The Hall–Kier alpha value is -7.37. The third-order valence-corrected chi connectivity index (χ3v) is 9.66. The molecule has 0 unspecified atom stereocenters. The highest BCUT2D eigenvalue weighted by Gasteiger charge is 2.23. The number of amides is 1. The minimum atomic E-state index is -4.90. The first-order valence-electron chi connectivity index (χ1n) is 17.0. The first-order valence-corrected chi connectivity index (χ1v) is 18.4. The first kappa shape index (κ1) is 39.3. The van der Waals surface area contributed by atoms with Crippen LogP contribution in [0.1, 0.15) is 43.0 Å². The van der Waals surface area contributed by atoms with Crippen LogP contribution in [0.5, 0.6) is 11.5 Å². The molecule has 0 aliphatic heterocycles. The van der Waals surface area contributed by atoms with E-state index >= 15 is 0 Å². The number of carboxylic acids is 1. The van der Waals surface area contributed by atoms with Gasteiger partial charge in [-0.05, 0) is 146 Å². The molecule has 0 bridgehead atoms. The molecule has 0 saturated carbocycles. The average Bonchev–Trinajstić information content (AvgIpc) is 3.15. The molecule has 0 atom stereocenters. The summed E-state index contributed by atoms with van der Waals surface area (Å²) in [6.45, 7) is 7.14. The number of rotatable bonds is 10. The van der Waals surface area contributed by atoms with Crippen LogP contribution in [-0.4, -0.2) is 40.2 Å². The van der Waals surface area contributed by atoms with Crippen molar-refractivity contribution in [3.8, 4) is 11.5 Å². The van der Waals surface area contributed by atoms with Crippen LogP contribution in [-0.2, 0) is 10.1 Å². The number of aromatic carboxylic acids is 1. The number of hydrogen-bond donors (Lipinski definition) is 6. The number of nitrogen functional groups attached to an aromatic ring is 1. The van der Waals surface area contributed by atoms with Gasteiger partial charge in [-0.1, -0.05) is 0 Å². The van der Waals surface area contributed by atoms with E-state index in [1.165, 1.54) is 36.4 Å². The molecule has 17 heteroatoms. The van der Waals surface area contributed by atoms with Crippen LogP contribution in [0.3, 0.4) is 0 Å². The van der Waals surface area contributed by atoms with Crippen LogP contribution in [0, 0.1) is 27.7 Å². The lowest BCUT2D eigenvalue weighted by Gasteiger charge is -2.11. The molecule has 288 valence electrons. The number of phenolic OH excluding ortho intramolecular Hbond substituents is 1. The van der Waals surface area contributed by atoms with E-state index in [0.29, 0.717) is 50.8 Å². The normalized spacial score (nSPS) is 11.9. The second-order valence-corrected chi connectivity index (χ2v) is 14.4. The number of nitrogens with two attached hydrogens (primary N) is 1. The van der Waals surface area contributed by atoms with Gasteiger partial charge in [-0.15, -0.1) is 5.11 Å². The quantitative estimate of drug-likeness (QED) is 0.0437. The van der Waals surface area contributed by atoms with Gasteiger partial charge < -0.3 is 26.4 Å². The molecule has 6 aromatic rings.